The summed E-state index contributed by atoms with van der Waals surface area (Å²) in [7, 11) is -3.61. The van der Waals surface area contributed by atoms with Crippen molar-refractivity contribution in [3.8, 4) is 0 Å². The van der Waals surface area contributed by atoms with E-state index in [4.69, 9.17) is 4.74 Å². The Balaban J connectivity index is 1.90. The van der Waals surface area contributed by atoms with E-state index in [-0.39, 0.29) is 29.5 Å². The number of likely N-dealkylation sites (tertiary alicyclic amines) is 1. The van der Waals surface area contributed by atoms with Crippen LogP contribution in [0, 0.1) is 0 Å². The standard InChI is InChI=1S/C18H25N3O5S/c1-3-11-19-27(24,25)16-7-5-14(6-8-16)17(22)20-15-9-12-21(13-10-15)18(23)26-4-2/h3,5-8,15,19H,1,4,9-13H2,2H3,(H,20,22). The highest BCUT2D eigenvalue weighted by atomic mass is 32.2. The Labute approximate surface area is 159 Å². The first-order valence-electron chi connectivity index (χ1n) is 8.80. The fourth-order valence-corrected chi connectivity index (χ4v) is 3.73. The number of benzene rings is 1. The lowest BCUT2D eigenvalue weighted by molar-refractivity contribution is 0.0860. The summed E-state index contributed by atoms with van der Waals surface area (Å²) in [6, 6.07) is 5.70. The number of carbonyl (C=O) groups is 2. The van der Waals surface area contributed by atoms with Gasteiger partial charge in [-0.25, -0.2) is 17.9 Å². The zero-order valence-electron chi connectivity index (χ0n) is 15.3. The van der Waals surface area contributed by atoms with Gasteiger partial charge in [0.15, 0.2) is 0 Å². The molecule has 0 aliphatic carbocycles. The van der Waals surface area contributed by atoms with Gasteiger partial charge in [0.1, 0.15) is 0 Å². The smallest absolute Gasteiger partial charge is 0.409 e. The van der Waals surface area contributed by atoms with Gasteiger partial charge in [0.05, 0.1) is 11.5 Å². The summed E-state index contributed by atoms with van der Waals surface area (Å²) in [5.41, 5.74) is 0.380. The molecule has 148 valence electrons. The summed E-state index contributed by atoms with van der Waals surface area (Å²) in [5, 5.41) is 2.92. The van der Waals surface area contributed by atoms with Crippen molar-refractivity contribution in [2.24, 2.45) is 0 Å². The summed E-state index contributed by atoms with van der Waals surface area (Å²) in [4.78, 5) is 25.8. The summed E-state index contributed by atoms with van der Waals surface area (Å²) in [5.74, 6) is -0.271. The zero-order chi connectivity index (χ0) is 19.9. The van der Waals surface area contributed by atoms with Crippen molar-refractivity contribution in [2.75, 3.05) is 26.2 Å². The minimum absolute atomic E-state index is 0.0409. The first kappa shape index (κ1) is 20.9. The normalized spacial score (nSPS) is 15.2. The fourth-order valence-electron chi connectivity index (χ4n) is 2.73. The highest BCUT2D eigenvalue weighted by Gasteiger charge is 2.25. The van der Waals surface area contributed by atoms with Crippen LogP contribution in [0.5, 0.6) is 0 Å². The molecule has 1 aliphatic heterocycles. The Morgan fingerprint density at radius 1 is 1.26 bits per heavy atom. The Kier molecular flexibility index (Phi) is 7.37. The number of ether oxygens (including phenoxy) is 1. The van der Waals surface area contributed by atoms with E-state index in [1.165, 1.54) is 30.3 Å². The number of rotatable bonds is 7. The van der Waals surface area contributed by atoms with Gasteiger partial charge in [0, 0.05) is 31.2 Å². The van der Waals surface area contributed by atoms with Crippen molar-refractivity contribution in [1.82, 2.24) is 14.9 Å². The molecule has 27 heavy (non-hydrogen) atoms. The number of sulfonamides is 1. The lowest BCUT2D eigenvalue weighted by Gasteiger charge is -2.31. The molecule has 2 N–H and O–H groups in total. The summed E-state index contributed by atoms with van der Waals surface area (Å²) < 4.78 is 31.4. The first-order chi connectivity index (χ1) is 12.9. The summed E-state index contributed by atoms with van der Waals surface area (Å²) in [6.07, 6.45) is 2.40. The topological polar surface area (TPSA) is 105 Å². The SMILES string of the molecule is C=CCNS(=O)(=O)c1ccc(C(=O)NC2CCN(C(=O)OCC)CC2)cc1. The van der Waals surface area contributed by atoms with Gasteiger partial charge >= 0.3 is 6.09 Å². The van der Waals surface area contributed by atoms with Crippen LogP contribution in [0.1, 0.15) is 30.1 Å². The largest absolute Gasteiger partial charge is 0.450 e. The molecule has 9 heteroatoms. The van der Waals surface area contributed by atoms with E-state index in [9.17, 15) is 18.0 Å². The molecule has 1 aromatic carbocycles. The first-order valence-corrected chi connectivity index (χ1v) is 10.3. The average molecular weight is 395 g/mol. The van der Waals surface area contributed by atoms with E-state index >= 15 is 0 Å². The van der Waals surface area contributed by atoms with Gasteiger partial charge in [0.2, 0.25) is 10.0 Å². The molecular weight excluding hydrogens is 370 g/mol. The number of nitrogens with one attached hydrogen (secondary N) is 2. The molecule has 8 nitrogen and oxygen atoms in total. The molecule has 1 fully saturated rings. The lowest BCUT2D eigenvalue weighted by Crippen LogP contribution is -2.46. The second-order valence-corrected chi connectivity index (χ2v) is 7.87. The highest BCUT2D eigenvalue weighted by Crippen LogP contribution is 2.14. The van der Waals surface area contributed by atoms with Gasteiger partial charge in [-0.2, -0.15) is 0 Å². The van der Waals surface area contributed by atoms with Gasteiger partial charge in [0.25, 0.3) is 5.91 Å². The third kappa shape index (κ3) is 5.80. The molecule has 0 radical (unpaired) electrons. The number of piperidine rings is 1. The fraction of sp³-hybridized carbons (Fsp3) is 0.444. The molecule has 0 atom stereocenters. The van der Waals surface area contributed by atoms with Gasteiger partial charge < -0.3 is 15.0 Å². The van der Waals surface area contributed by atoms with Gasteiger partial charge in [-0.3, -0.25) is 4.79 Å². The molecule has 0 saturated carbocycles. The monoisotopic (exact) mass is 395 g/mol. The van der Waals surface area contributed by atoms with Crippen molar-refractivity contribution in [3.05, 3.63) is 42.5 Å². The van der Waals surface area contributed by atoms with Crippen LogP contribution in [0.3, 0.4) is 0 Å². The molecule has 0 spiro atoms. The van der Waals surface area contributed by atoms with Crippen LogP contribution in [0.2, 0.25) is 0 Å². The van der Waals surface area contributed by atoms with Gasteiger partial charge in [-0.05, 0) is 44.0 Å². The Morgan fingerprint density at radius 3 is 2.44 bits per heavy atom. The molecule has 1 aliphatic rings. The minimum Gasteiger partial charge on any atom is -0.450 e. The molecule has 2 rings (SSSR count). The third-order valence-corrected chi connectivity index (χ3v) is 5.64. The van der Waals surface area contributed by atoms with E-state index < -0.39 is 10.0 Å². The number of hydrogen-bond acceptors (Lipinski definition) is 5. The van der Waals surface area contributed by atoms with Crippen molar-refractivity contribution in [3.63, 3.8) is 0 Å². The predicted molar refractivity (Wildman–Crippen MR) is 101 cm³/mol. The Bertz CT molecular complexity index is 769. The van der Waals surface area contributed by atoms with Crippen molar-refractivity contribution in [2.45, 2.75) is 30.7 Å². The van der Waals surface area contributed by atoms with E-state index in [1.807, 2.05) is 0 Å². The van der Waals surface area contributed by atoms with Crippen LogP contribution in [0.4, 0.5) is 4.79 Å². The van der Waals surface area contributed by atoms with E-state index in [0.717, 1.165) is 0 Å². The maximum atomic E-state index is 12.4. The van der Waals surface area contributed by atoms with Crippen molar-refractivity contribution in [1.29, 1.82) is 0 Å². The summed E-state index contributed by atoms with van der Waals surface area (Å²) in [6.45, 7) is 6.75. The molecule has 0 unspecified atom stereocenters. The number of nitrogens with zero attached hydrogens (tertiary/aromatic N) is 1. The average Bonchev–Trinajstić information content (AvgIpc) is 2.67. The van der Waals surface area contributed by atoms with Crippen LogP contribution in [-0.4, -0.2) is 57.6 Å². The second-order valence-electron chi connectivity index (χ2n) is 6.10. The summed E-state index contributed by atoms with van der Waals surface area (Å²) >= 11 is 0. The van der Waals surface area contributed by atoms with E-state index in [1.54, 1.807) is 11.8 Å². The van der Waals surface area contributed by atoms with Crippen LogP contribution in [0.15, 0.2) is 41.8 Å². The molecule has 1 heterocycles. The maximum Gasteiger partial charge on any atom is 0.409 e. The molecular formula is C18H25N3O5S. The van der Waals surface area contributed by atoms with Gasteiger partial charge in [-0.1, -0.05) is 6.08 Å². The van der Waals surface area contributed by atoms with E-state index in [2.05, 4.69) is 16.6 Å². The quantitative estimate of drug-likeness (QED) is 0.681. The number of hydrogen-bond donors (Lipinski definition) is 2. The van der Waals surface area contributed by atoms with Crippen LogP contribution >= 0.6 is 0 Å². The van der Waals surface area contributed by atoms with Crippen molar-refractivity contribution >= 4 is 22.0 Å². The lowest BCUT2D eigenvalue weighted by atomic mass is 10.0. The molecule has 1 aromatic rings. The van der Waals surface area contributed by atoms with Crippen LogP contribution < -0.4 is 10.0 Å². The molecule has 0 bridgehead atoms. The number of carbonyl (C=O) groups excluding carboxylic acids is 2. The minimum atomic E-state index is -3.61. The molecule has 2 amide bonds. The Morgan fingerprint density at radius 2 is 1.89 bits per heavy atom. The van der Waals surface area contributed by atoms with Crippen LogP contribution in [-0.2, 0) is 14.8 Å². The number of amides is 2. The predicted octanol–water partition coefficient (Wildman–Crippen LogP) is 1.50. The van der Waals surface area contributed by atoms with Crippen LogP contribution in [0.25, 0.3) is 0 Å². The second kappa shape index (κ2) is 9.52. The highest BCUT2D eigenvalue weighted by molar-refractivity contribution is 7.89. The zero-order valence-corrected chi connectivity index (χ0v) is 16.1. The van der Waals surface area contributed by atoms with E-state index in [0.29, 0.717) is 38.1 Å². The molecule has 1 saturated heterocycles. The van der Waals surface area contributed by atoms with Gasteiger partial charge in [-0.15, -0.1) is 6.58 Å². The maximum absolute atomic E-state index is 12.4. The third-order valence-electron chi connectivity index (χ3n) is 4.20. The van der Waals surface area contributed by atoms with Crippen molar-refractivity contribution < 1.29 is 22.7 Å². The molecule has 0 aromatic heterocycles. The Hall–Kier alpha value is -2.39.